The molecule has 0 saturated carbocycles. The first kappa shape index (κ1) is 26.3. The predicted octanol–water partition coefficient (Wildman–Crippen LogP) is 1.60. The number of hydrogen-bond donors (Lipinski definition) is 3. The van der Waals surface area contributed by atoms with Crippen LogP contribution in [-0.4, -0.2) is 41.6 Å². The molecule has 0 heterocycles. The number of unbranched alkanes of at least 4 members (excludes halogenated alkanes) is 5. The van der Waals surface area contributed by atoms with E-state index in [1.54, 1.807) is 12.1 Å². The molecule has 0 bridgehead atoms. The number of hydrogen-bond acceptors (Lipinski definition) is 6. The zero-order valence-electron chi connectivity index (χ0n) is 17.4. The van der Waals surface area contributed by atoms with E-state index in [4.69, 9.17) is 5.14 Å². The van der Waals surface area contributed by atoms with Gasteiger partial charge >= 0.3 is 10.3 Å². The third-order valence-electron chi connectivity index (χ3n) is 4.31. The topological polar surface area (TPSA) is 145 Å². The molecule has 0 unspecified atom stereocenters. The van der Waals surface area contributed by atoms with Crippen molar-refractivity contribution < 1.29 is 25.8 Å². The fraction of sp³-hybridized carbons (Fsp3) is 0.632. The lowest BCUT2D eigenvalue weighted by atomic mass is 10.1. The van der Waals surface area contributed by atoms with Gasteiger partial charge in [0.2, 0.25) is 15.9 Å². The lowest BCUT2D eigenvalue weighted by Gasteiger charge is -2.08. The second-order valence-corrected chi connectivity index (χ2v) is 10.1. The van der Waals surface area contributed by atoms with Crippen molar-refractivity contribution >= 4 is 26.2 Å². The Kier molecular flexibility index (Phi) is 11.9. The van der Waals surface area contributed by atoms with Crippen molar-refractivity contribution in [3.63, 3.8) is 0 Å². The van der Waals surface area contributed by atoms with Crippen molar-refractivity contribution in [1.82, 2.24) is 10.0 Å². The van der Waals surface area contributed by atoms with Gasteiger partial charge in [0.05, 0.1) is 5.75 Å². The maximum Gasteiger partial charge on any atom is 0.380 e. The summed E-state index contributed by atoms with van der Waals surface area (Å²) in [7, 11) is -7.40. The van der Waals surface area contributed by atoms with E-state index in [1.165, 1.54) is 18.6 Å². The zero-order chi connectivity index (χ0) is 22.5. The average molecular weight is 464 g/mol. The molecule has 1 aromatic carbocycles. The normalized spacial score (nSPS) is 11.9. The molecule has 172 valence electrons. The Balaban J connectivity index is 2.18. The second-order valence-electron chi connectivity index (χ2n) is 7.05. The fourth-order valence-electron chi connectivity index (χ4n) is 2.75. The summed E-state index contributed by atoms with van der Waals surface area (Å²) in [6.07, 6.45) is 6.65. The molecule has 0 atom stereocenters. The van der Waals surface area contributed by atoms with E-state index in [9.17, 15) is 21.6 Å². The molecule has 9 nitrogen and oxygen atoms in total. The summed E-state index contributed by atoms with van der Waals surface area (Å²) in [5.74, 6) is -0.0451. The number of carbonyl (C=O) groups is 1. The third-order valence-corrected chi connectivity index (χ3v) is 6.21. The van der Waals surface area contributed by atoms with Gasteiger partial charge in [-0.15, -0.1) is 0 Å². The molecule has 11 heteroatoms. The molecule has 0 aromatic heterocycles. The van der Waals surface area contributed by atoms with Crippen molar-refractivity contribution in [1.29, 1.82) is 0 Å². The highest BCUT2D eigenvalue weighted by Gasteiger charge is 2.10. The first-order chi connectivity index (χ1) is 14.1. The van der Waals surface area contributed by atoms with Gasteiger partial charge in [-0.3, -0.25) is 4.79 Å². The van der Waals surface area contributed by atoms with Crippen LogP contribution in [0.15, 0.2) is 24.3 Å². The standard InChI is InChI=1S/C19H33N3O6S2/c1-2-3-4-5-6-7-16-29(24,25)22-15-13-19(23)21-14-12-17-8-10-18(11-9-17)28-30(20,26)27/h8-11,22H,2-7,12-16H2,1H3,(H,21,23)(H2,20,26,27). The third kappa shape index (κ3) is 13.5. The van der Waals surface area contributed by atoms with Crippen molar-refractivity contribution in [2.75, 3.05) is 18.8 Å². The Morgan fingerprint density at radius 2 is 1.60 bits per heavy atom. The number of rotatable bonds is 16. The van der Waals surface area contributed by atoms with Crippen molar-refractivity contribution in [2.45, 2.75) is 58.3 Å². The smallest absolute Gasteiger partial charge is 0.371 e. The van der Waals surface area contributed by atoms with E-state index in [1.807, 2.05) is 0 Å². The molecule has 1 amide bonds. The van der Waals surface area contributed by atoms with Crippen molar-refractivity contribution in [3.8, 4) is 5.75 Å². The summed E-state index contributed by atoms with van der Waals surface area (Å²) >= 11 is 0. The van der Waals surface area contributed by atoms with Crippen LogP contribution in [0.1, 0.15) is 57.4 Å². The number of carbonyl (C=O) groups excluding carboxylic acids is 1. The van der Waals surface area contributed by atoms with E-state index in [0.717, 1.165) is 31.2 Å². The minimum Gasteiger partial charge on any atom is -0.371 e. The van der Waals surface area contributed by atoms with E-state index in [2.05, 4.69) is 21.1 Å². The lowest BCUT2D eigenvalue weighted by Crippen LogP contribution is -2.32. The van der Waals surface area contributed by atoms with Gasteiger partial charge in [0.1, 0.15) is 5.75 Å². The van der Waals surface area contributed by atoms with Crippen LogP contribution in [0.25, 0.3) is 0 Å². The van der Waals surface area contributed by atoms with Gasteiger partial charge in [0.25, 0.3) is 0 Å². The van der Waals surface area contributed by atoms with Gasteiger partial charge in [-0.25, -0.2) is 13.1 Å². The Morgan fingerprint density at radius 3 is 2.23 bits per heavy atom. The SMILES string of the molecule is CCCCCCCCS(=O)(=O)NCCC(=O)NCCc1ccc(OS(N)(=O)=O)cc1. The molecule has 1 aromatic rings. The number of amides is 1. The molecule has 1 rings (SSSR count). The molecule has 4 N–H and O–H groups in total. The molecule has 0 aliphatic rings. The molecule has 0 aliphatic heterocycles. The maximum atomic E-state index is 11.9. The molecule has 0 spiro atoms. The molecular weight excluding hydrogens is 430 g/mol. The van der Waals surface area contributed by atoms with Crippen LogP contribution >= 0.6 is 0 Å². The largest absolute Gasteiger partial charge is 0.380 e. The molecule has 0 saturated heterocycles. The zero-order valence-corrected chi connectivity index (χ0v) is 19.1. The highest BCUT2D eigenvalue weighted by atomic mass is 32.2. The van der Waals surface area contributed by atoms with Crippen molar-refractivity contribution in [2.24, 2.45) is 5.14 Å². The number of sulfonamides is 1. The summed E-state index contributed by atoms with van der Waals surface area (Å²) in [4.78, 5) is 11.8. The van der Waals surface area contributed by atoms with E-state index in [0.29, 0.717) is 19.4 Å². The number of benzene rings is 1. The van der Waals surface area contributed by atoms with Crippen LogP contribution < -0.4 is 19.4 Å². The van der Waals surface area contributed by atoms with Gasteiger partial charge in [-0.1, -0.05) is 51.2 Å². The number of nitrogens with two attached hydrogens (primary N) is 1. The van der Waals surface area contributed by atoms with Gasteiger partial charge in [0, 0.05) is 19.5 Å². The summed E-state index contributed by atoms with van der Waals surface area (Å²) in [6.45, 7) is 2.58. The van der Waals surface area contributed by atoms with Crippen LogP contribution in [0, 0.1) is 0 Å². The minimum absolute atomic E-state index is 0.0663. The Hall–Kier alpha value is -1.69. The van der Waals surface area contributed by atoms with Gasteiger partial charge in [-0.2, -0.15) is 13.6 Å². The Morgan fingerprint density at radius 1 is 0.967 bits per heavy atom. The first-order valence-corrected chi connectivity index (χ1v) is 13.3. The highest BCUT2D eigenvalue weighted by molar-refractivity contribution is 7.89. The van der Waals surface area contributed by atoms with Gasteiger partial charge < -0.3 is 9.50 Å². The van der Waals surface area contributed by atoms with E-state index in [-0.39, 0.29) is 30.4 Å². The molecular formula is C19H33N3O6S2. The monoisotopic (exact) mass is 463 g/mol. The second kappa shape index (κ2) is 13.6. The average Bonchev–Trinajstić information content (AvgIpc) is 2.64. The molecule has 0 fully saturated rings. The van der Waals surface area contributed by atoms with Crippen LogP contribution in [0.3, 0.4) is 0 Å². The lowest BCUT2D eigenvalue weighted by molar-refractivity contribution is -0.120. The van der Waals surface area contributed by atoms with E-state index >= 15 is 0 Å². The summed E-state index contributed by atoms with van der Waals surface area (Å²) in [6, 6.07) is 6.28. The summed E-state index contributed by atoms with van der Waals surface area (Å²) in [5, 5.41) is 7.51. The number of nitrogens with one attached hydrogen (secondary N) is 2. The van der Waals surface area contributed by atoms with Crippen LogP contribution in [0.4, 0.5) is 0 Å². The quantitative estimate of drug-likeness (QED) is 0.318. The summed E-state index contributed by atoms with van der Waals surface area (Å²) in [5.41, 5.74) is 0.872. The highest BCUT2D eigenvalue weighted by Crippen LogP contribution is 2.13. The van der Waals surface area contributed by atoms with Gasteiger partial charge in [0.15, 0.2) is 0 Å². The van der Waals surface area contributed by atoms with Crippen molar-refractivity contribution in [3.05, 3.63) is 29.8 Å². The van der Waals surface area contributed by atoms with Crippen LogP contribution in [-0.2, 0) is 31.5 Å². The van der Waals surface area contributed by atoms with E-state index < -0.39 is 20.3 Å². The first-order valence-electron chi connectivity index (χ1n) is 10.2. The minimum atomic E-state index is -4.05. The van der Waals surface area contributed by atoms with Gasteiger partial charge in [-0.05, 0) is 30.5 Å². The van der Waals surface area contributed by atoms with Crippen LogP contribution in [0.5, 0.6) is 5.75 Å². The fourth-order valence-corrected chi connectivity index (χ4v) is 4.27. The molecule has 0 radical (unpaired) electrons. The Labute approximate surface area is 180 Å². The maximum absolute atomic E-state index is 11.9. The predicted molar refractivity (Wildman–Crippen MR) is 117 cm³/mol. The molecule has 30 heavy (non-hydrogen) atoms. The summed E-state index contributed by atoms with van der Waals surface area (Å²) < 4.78 is 52.5. The Bertz CT molecular complexity index is 840. The van der Waals surface area contributed by atoms with Crippen LogP contribution in [0.2, 0.25) is 0 Å². The molecule has 0 aliphatic carbocycles.